The van der Waals surface area contributed by atoms with E-state index >= 15 is 0 Å². The van der Waals surface area contributed by atoms with Gasteiger partial charge in [-0.25, -0.2) is 13.4 Å². The Morgan fingerprint density at radius 1 is 0.848 bits per heavy atom. The van der Waals surface area contributed by atoms with Crippen LogP contribution in [0.1, 0.15) is 53.8 Å². The van der Waals surface area contributed by atoms with E-state index in [1.54, 1.807) is 27.8 Å². The third-order valence-corrected chi connectivity index (χ3v) is 9.98. The van der Waals surface area contributed by atoms with E-state index in [0.717, 1.165) is 47.3 Å². The standard InChI is InChI=1S/C26H29N3O2S2/c30-33(31,29-14-2-1-3-15-29)22-9-10-23-24(18-22)32-25(27-23)11-8-19-16-20-6-4-12-28-13-5-7-21(17-19)26(20)28/h8-11,16-18H,1-7,12-15H2/b11-8+. The maximum Gasteiger partial charge on any atom is 0.243 e. The number of rotatable bonds is 4. The van der Waals surface area contributed by atoms with Gasteiger partial charge in [0.15, 0.2) is 0 Å². The molecule has 33 heavy (non-hydrogen) atoms. The van der Waals surface area contributed by atoms with Crippen LogP contribution in [0.15, 0.2) is 35.2 Å². The monoisotopic (exact) mass is 479 g/mol. The molecule has 7 heteroatoms. The molecule has 3 aliphatic heterocycles. The number of hydrogen-bond donors (Lipinski definition) is 0. The van der Waals surface area contributed by atoms with Crippen LogP contribution in [0.5, 0.6) is 0 Å². The first-order chi connectivity index (χ1) is 16.1. The van der Waals surface area contributed by atoms with Crippen LogP contribution in [0.25, 0.3) is 22.4 Å². The lowest BCUT2D eigenvalue weighted by molar-refractivity contribution is 0.346. The molecule has 172 valence electrons. The fraction of sp³-hybridized carbons (Fsp3) is 0.423. The molecule has 0 unspecified atom stereocenters. The Kier molecular flexibility index (Phi) is 5.51. The van der Waals surface area contributed by atoms with E-state index in [-0.39, 0.29) is 0 Å². The molecule has 0 N–H and O–H groups in total. The van der Waals surface area contributed by atoms with Crippen molar-refractivity contribution in [1.29, 1.82) is 0 Å². The second-order valence-electron chi connectivity index (χ2n) is 9.36. The van der Waals surface area contributed by atoms with Crippen molar-refractivity contribution in [3.8, 4) is 0 Å². The number of thiazole rings is 1. The maximum atomic E-state index is 13.0. The summed E-state index contributed by atoms with van der Waals surface area (Å²) in [6.07, 6.45) is 12.0. The number of benzene rings is 2. The summed E-state index contributed by atoms with van der Waals surface area (Å²) in [6.45, 7) is 3.63. The second kappa shape index (κ2) is 8.53. The van der Waals surface area contributed by atoms with E-state index < -0.39 is 10.0 Å². The van der Waals surface area contributed by atoms with Crippen LogP contribution in [0.4, 0.5) is 5.69 Å². The molecule has 0 bridgehead atoms. The first-order valence-electron chi connectivity index (χ1n) is 12.1. The van der Waals surface area contributed by atoms with Gasteiger partial charge in [-0.15, -0.1) is 11.3 Å². The summed E-state index contributed by atoms with van der Waals surface area (Å²) in [7, 11) is -3.42. The Morgan fingerprint density at radius 2 is 1.58 bits per heavy atom. The van der Waals surface area contributed by atoms with Gasteiger partial charge in [0.05, 0.1) is 15.1 Å². The maximum absolute atomic E-state index is 13.0. The van der Waals surface area contributed by atoms with Crippen molar-refractivity contribution in [2.75, 3.05) is 31.1 Å². The van der Waals surface area contributed by atoms with Crippen molar-refractivity contribution in [2.24, 2.45) is 0 Å². The highest BCUT2D eigenvalue weighted by Gasteiger charge is 2.26. The topological polar surface area (TPSA) is 53.5 Å². The van der Waals surface area contributed by atoms with Gasteiger partial charge < -0.3 is 4.90 Å². The van der Waals surface area contributed by atoms with Gasteiger partial charge in [0.25, 0.3) is 0 Å². The summed E-state index contributed by atoms with van der Waals surface area (Å²) in [5, 5.41) is 0.908. The fourth-order valence-electron chi connectivity index (χ4n) is 5.50. The van der Waals surface area contributed by atoms with E-state index in [9.17, 15) is 8.42 Å². The average Bonchev–Trinajstić information content (AvgIpc) is 3.26. The van der Waals surface area contributed by atoms with E-state index in [4.69, 9.17) is 4.98 Å². The van der Waals surface area contributed by atoms with Gasteiger partial charge in [-0.1, -0.05) is 12.5 Å². The molecule has 6 rings (SSSR count). The minimum Gasteiger partial charge on any atom is -0.371 e. The molecule has 5 nitrogen and oxygen atoms in total. The number of anilines is 1. The third kappa shape index (κ3) is 4.00. The molecule has 0 atom stereocenters. The molecule has 1 aromatic heterocycles. The summed E-state index contributed by atoms with van der Waals surface area (Å²) in [6, 6.07) is 10.0. The van der Waals surface area contributed by atoms with Crippen molar-refractivity contribution in [2.45, 2.75) is 49.8 Å². The van der Waals surface area contributed by atoms with Crippen LogP contribution < -0.4 is 4.90 Å². The van der Waals surface area contributed by atoms with Crippen LogP contribution in [-0.2, 0) is 22.9 Å². The van der Waals surface area contributed by atoms with Crippen molar-refractivity contribution in [1.82, 2.24) is 9.29 Å². The summed E-state index contributed by atoms with van der Waals surface area (Å²) >= 11 is 1.55. The minimum atomic E-state index is -3.42. The Morgan fingerprint density at radius 3 is 2.30 bits per heavy atom. The first-order valence-corrected chi connectivity index (χ1v) is 14.3. The zero-order valence-corrected chi connectivity index (χ0v) is 20.4. The van der Waals surface area contributed by atoms with Crippen LogP contribution in [0.3, 0.4) is 0 Å². The molecule has 1 saturated heterocycles. The van der Waals surface area contributed by atoms with Gasteiger partial charge in [0.2, 0.25) is 10.0 Å². The van der Waals surface area contributed by atoms with Gasteiger partial charge in [-0.05, 0) is 91.6 Å². The zero-order chi connectivity index (χ0) is 22.4. The van der Waals surface area contributed by atoms with E-state index in [0.29, 0.717) is 18.0 Å². The number of sulfonamides is 1. The van der Waals surface area contributed by atoms with Gasteiger partial charge >= 0.3 is 0 Å². The van der Waals surface area contributed by atoms with Crippen LogP contribution in [-0.4, -0.2) is 43.9 Å². The van der Waals surface area contributed by atoms with Crippen LogP contribution in [0.2, 0.25) is 0 Å². The van der Waals surface area contributed by atoms with Gasteiger partial charge in [0.1, 0.15) is 5.01 Å². The number of fused-ring (bicyclic) bond motifs is 1. The quantitative estimate of drug-likeness (QED) is 0.507. The Hall–Kier alpha value is -2.22. The number of piperidine rings is 1. The molecule has 0 spiro atoms. The van der Waals surface area contributed by atoms with E-state index in [1.807, 2.05) is 6.07 Å². The van der Waals surface area contributed by atoms with Gasteiger partial charge in [-0.2, -0.15) is 4.31 Å². The summed E-state index contributed by atoms with van der Waals surface area (Å²) in [5.74, 6) is 0. The lowest BCUT2D eigenvalue weighted by atomic mass is 9.90. The van der Waals surface area contributed by atoms with Crippen molar-refractivity contribution < 1.29 is 8.42 Å². The van der Waals surface area contributed by atoms with Crippen molar-refractivity contribution in [3.05, 3.63) is 52.0 Å². The van der Waals surface area contributed by atoms with Crippen LogP contribution >= 0.6 is 11.3 Å². The second-order valence-corrected chi connectivity index (χ2v) is 12.4. The molecular weight excluding hydrogens is 450 g/mol. The highest BCUT2D eigenvalue weighted by atomic mass is 32.2. The fourth-order valence-corrected chi connectivity index (χ4v) is 8.03. The van der Waals surface area contributed by atoms with E-state index in [1.165, 1.54) is 48.3 Å². The lowest BCUT2D eigenvalue weighted by Crippen LogP contribution is -2.35. The summed E-state index contributed by atoms with van der Waals surface area (Å²) in [5.41, 5.74) is 6.55. The van der Waals surface area contributed by atoms with E-state index in [2.05, 4.69) is 29.2 Å². The van der Waals surface area contributed by atoms with Crippen LogP contribution in [0, 0.1) is 0 Å². The molecule has 3 aromatic rings. The zero-order valence-electron chi connectivity index (χ0n) is 18.8. The molecular formula is C26H29N3O2S2. The van der Waals surface area contributed by atoms with Gasteiger partial charge in [-0.3, -0.25) is 0 Å². The third-order valence-electron chi connectivity index (χ3n) is 7.10. The number of nitrogens with zero attached hydrogens (tertiary/aromatic N) is 3. The number of aromatic nitrogens is 1. The minimum absolute atomic E-state index is 0.384. The molecule has 3 aliphatic rings. The summed E-state index contributed by atoms with van der Waals surface area (Å²) in [4.78, 5) is 7.68. The Labute approximate surface area is 199 Å². The number of hydrogen-bond acceptors (Lipinski definition) is 5. The summed E-state index contributed by atoms with van der Waals surface area (Å²) < 4.78 is 28.6. The highest BCUT2D eigenvalue weighted by Crippen LogP contribution is 2.36. The first kappa shape index (κ1) is 21.3. The molecule has 0 saturated carbocycles. The predicted octanol–water partition coefficient (Wildman–Crippen LogP) is 5.34. The molecule has 1 fully saturated rings. The highest BCUT2D eigenvalue weighted by molar-refractivity contribution is 7.89. The average molecular weight is 480 g/mol. The smallest absolute Gasteiger partial charge is 0.243 e. The Bertz CT molecular complexity index is 1310. The molecule has 0 amide bonds. The SMILES string of the molecule is O=S(=O)(c1ccc2nc(/C=C/c3cc4c5c(c3)CCCN5CCC4)sc2c1)N1CCCCC1. The molecule has 4 heterocycles. The lowest BCUT2D eigenvalue weighted by Gasteiger charge is -2.37. The molecule has 2 aromatic carbocycles. The van der Waals surface area contributed by atoms with Gasteiger partial charge in [0, 0.05) is 31.9 Å². The number of aryl methyl sites for hydroxylation is 2. The normalized spacial score (nSPS) is 19.3. The largest absolute Gasteiger partial charge is 0.371 e. The van der Waals surface area contributed by atoms with Crippen molar-refractivity contribution in [3.63, 3.8) is 0 Å². The Balaban J connectivity index is 1.28. The van der Waals surface area contributed by atoms with Crippen molar-refractivity contribution >= 4 is 49.4 Å². The molecule has 0 radical (unpaired) electrons. The molecule has 0 aliphatic carbocycles. The predicted molar refractivity (Wildman–Crippen MR) is 136 cm³/mol.